The minimum Gasteiger partial charge on any atom is -0.381 e. The SMILES string of the molecule is CN(C(=O)C1CCOC1)c1nc2ccccc2s1. The van der Waals surface area contributed by atoms with Crippen molar-refractivity contribution in [2.45, 2.75) is 6.42 Å². The van der Waals surface area contributed by atoms with Crippen LogP contribution in [-0.2, 0) is 9.53 Å². The van der Waals surface area contributed by atoms with Crippen molar-refractivity contribution in [3.05, 3.63) is 24.3 Å². The molecular formula is C13H14N2O2S. The Morgan fingerprint density at radius 3 is 3.06 bits per heavy atom. The number of ether oxygens (including phenoxy) is 1. The van der Waals surface area contributed by atoms with E-state index in [4.69, 9.17) is 4.74 Å². The summed E-state index contributed by atoms with van der Waals surface area (Å²) < 4.78 is 6.37. The lowest BCUT2D eigenvalue weighted by molar-refractivity contribution is -0.122. The van der Waals surface area contributed by atoms with E-state index in [0.717, 1.165) is 21.8 Å². The van der Waals surface area contributed by atoms with Crippen LogP contribution in [0.5, 0.6) is 0 Å². The molecule has 1 atom stereocenters. The molecule has 0 bridgehead atoms. The largest absolute Gasteiger partial charge is 0.381 e. The van der Waals surface area contributed by atoms with E-state index in [9.17, 15) is 4.79 Å². The summed E-state index contributed by atoms with van der Waals surface area (Å²) in [5.74, 6) is 0.0913. The second-order valence-electron chi connectivity index (χ2n) is 4.42. The summed E-state index contributed by atoms with van der Waals surface area (Å²) >= 11 is 1.55. The van der Waals surface area contributed by atoms with Crippen molar-refractivity contribution in [3.63, 3.8) is 0 Å². The second-order valence-corrected chi connectivity index (χ2v) is 5.43. The molecule has 1 saturated heterocycles. The topological polar surface area (TPSA) is 42.4 Å². The zero-order chi connectivity index (χ0) is 12.5. The van der Waals surface area contributed by atoms with E-state index in [1.165, 1.54) is 0 Å². The van der Waals surface area contributed by atoms with Gasteiger partial charge >= 0.3 is 0 Å². The summed E-state index contributed by atoms with van der Waals surface area (Å²) in [7, 11) is 1.79. The Morgan fingerprint density at radius 1 is 1.50 bits per heavy atom. The van der Waals surface area contributed by atoms with Gasteiger partial charge in [-0.3, -0.25) is 9.69 Å². The Labute approximate surface area is 109 Å². The van der Waals surface area contributed by atoms with E-state index in [2.05, 4.69) is 4.98 Å². The number of hydrogen-bond acceptors (Lipinski definition) is 4. The zero-order valence-electron chi connectivity index (χ0n) is 10.1. The Bertz CT molecular complexity index is 542. The van der Waals surface area contributed by atoms with Crippen LogP contribution in [0.3, 0.4) is 0 Å². The molecule has 0 saturated carbocycles. The molecule has 0 aliphatic carbocycles. The molecule has 94 valence electrons. The summed E-state index contributed by atoms with van der Waals surface area (Å²) in [6.45, 7) is 1.22. The second kappa shape index (κ2) is 4.66. The maximum Gasteiger partial charge on any atom is 0.234 e. The van der Waals surface area contributed by atoms with Crippen LogP contribution in [0.15, 0.2) is 24.3 Å². The third-order valence-corrected chi connectivity index (χ3v) is 4.29. The number of aromatic nitrogens is 1. The molecule has 4 nitrogen and oxygen atoms in total. The van der Waals surface area contributed by atoms with Gasteiger partial charge in [0, 0.05) is 13.7 Å². The van der Waals surface area contributed by atoms with Gasteiger partial charge in [-0.2, -0.15) is 0 Å². The molecule has 1 aromatic heterocycles. The van der Waals surface area contributed by atoms with Crippen molar-refractivity contribution in [1.82, 2.24) is 4.98 Å². The summed E-state index contributed by atoms with van der Waals surface area (Å²) in [5, 5.41) is 0.758. The fourth-order valence-electron chi connectivity index (χ4n) is 2.10. The number of fused-ring (bicyclic) bond motifs is 1. The molecule has 18 heavy (non-hydrogen) atoms. The van der Waals surface area contributed by atoms with Crippen LogP contribution >= 0.6 is 11.3 Å². The van der Waals surface area contributed by atoms with Gasteiger partial charge in [0.2, 0.25) is 5.91 Å². The number of thiazole rings is 1. The molecule has 1 aliphatic rings. The zero-order valence-corrected chi connectivity index (χ0v) is 10.9. The molecule has 1 fully saturated rings. The average molecular weight is 262 g/mol. The smallest absolute Gasteiger partial charge is 0.234 e. The molecule has 2 aromatic rings. The van der Waals surface area contributed by atoms with Crippen LogP contribution < -0.4 is 4.90 Å². The van der Waals surface area contributed by atoms with Gasteiger partial charge in [0.25, 0.3) is 0 Å². The highest BCUT2D eigenvalue weighted by Gasteiger charge is 2.28. The van der Waals surface area contributed by atoms with Crippen molar-refractivity contribution in [3.8, 4) is 0 Å². The number of carbonyl (C=O) groups excluding carboxylic acids is 1. The highest BCUT2D eigenvalue weighted by atomic mass is 32.1. The molecule has 5 heteroatoms. The molecule has 3 rings (SSSR count). The maximum absolute atomic E-state index is 12.2. The lowest BCUT2D eigenvalue weighted by Crippen LogP contribution is -2.33. The minimum atomic E-state index is -0.0120. The maximum atomic E-state index is 12.2. The van der Waals surface area contributed by atoms with E-state index in [0.29, 0.717) is 13.2 Å². The molecule has 1 aliphatic heterocycles. The first kappa shape index (κ1) is 11.6. The molecule has 1 aromatic carbocycles. The Balaban J connectivity index is 1.86. The van der Waals surface area contributed by atoms with E-state index >= 15 is 0 Å². The Kier molecular flexibility index (Phi) is 3.01. The van der Waals surface area contributed by atoms with Crippen LogP contribution in [0.2, 0.25) is 0 Å². The highest BCUT2D eigenvalue weighted by Crippen LogP contribution is 2.29. The number of para-hydroxylation sites is 1. The van der Waals surface area contributed by atoms with Crippen LogP contribution in [-0.4, -0.2) is 31.2 Å². The van der Waals surface area contributed by atoms with Crippen LogP contribution in [0, 0.1) is 5.92 Å². The molecule has 1 unspecified atom stereocenters. The van der Waals surface area contributed by atoms with Crippen molar-refractivity contribution in [2.75, 3.05) is 25.2 Å². The number of nitrogens with zero attached hydrogens (tertiary/aromatic N) is 2. The van der Waals surface area contributed by atoms with Gasteiger partial charge in [-0.1, -0.05) is 23.5 Å². The normalized spacial score (nSPS) is 19.3. The number of carbonyl (C=O) groups is 1. The standard InChI is InChI=1S/C13H14N2O2S/c1-15(12(16)9-6-7-17-8-9)13-14-10-4-2-3-5-11(10)18-13/h2-5,9H,6-8H2,1H3. The van der Waals surface area contributed by atoms with Gasteiger partial charge < -0.3 is 4.74 Å². The quantitative estimate of drug-likeness (QED) is 0.834. The number of hydrogen-bond donors (Lipinski definition) is 0. The Morgan fingerprint density at radius 2 is 2.33 bits per heavy atom. The van der Waals surface area contributed by atoms with Crippen molar-refractivity contribution < 1.29 is 9.53 Å². The highest BCUT2D eigenvalue weighted by molar-refractivity contribution is 7.22. The number of rotatable bonds is 2. The summed E-state index contributed by atoms with van der Waals surface area (Å²) in [6, 6.07) is 7.93. The van der Waals surface area contributed by atoms with Gasteiger partial charge in [0.15, 0.2) is 5.13 Å². The molecule has 0 N–H and O–H groups in total. The van der Waals surface area contributed by atoms with E-state index in [1.54, 1.807) is 23.3 Å². The van der Waals surface area contributed by atoms with Gasteiger partial charge in [-0.05, 0) is 18.6 Å². The van der Waals surface area contributed by atoms with Crippen LogP contribution in [0.4, 0.5) is 5.13 Å². The molecule has 0 spiro atoms. The average Bonchev–Trinajstić information content (AvgIpc) is 3.05. The van der Waals surface area contributed by atoms with E-state index < -0.39 is 0 Å². The summed E-state index contributed by atoms with van der Waals surface area (Å²) in [6.07, 6.45) is 0.814. The summed E-state index contributed by atoms with van der Waals surface area (Å²) in [5.41, 5.74) is 0.944. The number of benzene rings is 1. The first-order chi connectivity index (χ1) is 8.75. The molecule has 2 heterocycles. The van der Waals surface area contributed by atoms with Gasteiger partial charge in [0.1, 0.15) is 0 Å². The molecule has 1 amide bonds. The first-order valence-electron chi connectivity index (χ1n) is 5.96. The lowest BCUT2D eigenvalue weighted by atomic mass is 10.1. The first-order valence-corrected chi connectivity index (χ1v) is 6.78. The third-order valence-electron chi connectivity index (χ3n) is 3.18. The molecular weight excluding hydrogens is 248 g/mol. The predicted molar refractivity (Wildman–Crippen MR) is 72.0 cm³/mol. The van der Waals surface area contributed by atoms with Crippen molar-refractivity contribution >= 4 is 32.6 Å². The van der Waals surface area contributed by atoms with Gasteiger partial charge in [0.05, 0.1) is 22.7 Å². The minimum absolute atomic E-state index is 0.0120. The van der Waals surface area contributed by atoms with Gasteiger partial charge in [-0.25, -0.2) is 4.98 Å². The van der Waals surface area contributed by atoms with Gasteiger partial charge in [-0.15, -0.1) is 0 Å². The van der Waals surface area contributed by atoms with Crippen LogP contribution in [0.25, 0.3) is 10.2 Å². The van der Waals surface area contributed by atoms with E-state index in [-0.39, 0.29) is 11.8 Å². The molecule has 0 radical (unpaired) electrons. The fraction of sp³-hybridized carbons (Fsp3) is 0.385. The lowest BCUT2D eigenvalue weighted by Gasteiger charge is -2.16. The van der Waals surface area contributed by atoms with Crippen LogP contribution in [0.1, 0.15) is 6.42 Å². The third kappa shape index (κ3) is 2.00. The Hall–Kier alpha value is -1.46. The van der Waals surface area contributed by atoms with E-state index in [1.807, 2.05) is 24.3 Å². The number of anilines is 1. The predicted octanol–water partition coefficient (Wildman–Crippen LogP) is 2.30. The fourth-order valence-corrected chi connectivity index (χ4v) is 3.03. The van der Waals surface area contributed by atoms with Crippen molar-refractivity contribution in [1.29, 1.82) is 0 Å². The monoisotopic (exact) mass is 262 g/mol. The van der Waals surface area contributed by atoms with Crippen molar-refractivity contribution in [2.24, 2.45) is 5.92 Å². The number of amides is 1. The summed E-state index contributed by atoms with van der Waals surface area (Å²) in [4.78, 5) is 18.4.